The largest absolute Gasteiger partial charge is 0.479 e. The van der Waals surface area contributed by atoms with Gasteiger partial charge in [-0.15, -0.1) is 0 Å². The van der Waals surface area contributed by atoms with E-state index in [1.54, 1.807) is 0 Å². The Hall–Kier alpha value is -1.11. The van der Waals surface area contributed by atoms with Gasteiger partial charge in [0.1, 0.15) is 15.4 Å². The van der Waals surface area contributed by atoms with E-state index in [2.05, 4.69) is 5.32 Å². The summed E-state index contributed by atoms with van der Waals surface area (Å²) in [6, 6.07) is 0. The molecule has 0 aromatic carbocycles. The second-order valence-corrected chi connectivity index (χ2v) is 5.53. The first-order chi connectivity index (χ1) is 6.07. The molecule has 0 aliphatic heterocycles. The molecule has 0 rings (SSSR count). The van der Waals surface area contributed by atoms with Crippen LogP contribution in [0.5, 0.6) is 0 Å². The van der Waals surface area contributed by atoms with Crippen LogP contribution in [-0.4, -0.2) is 42.9 Å². The van der Waals surface area contributed by atoms with E-state index in [9.17, 15) is 18.0 Å². The number of sulfone groups is 1. The zero-order valence-electron chi connectivity index (χ0n) is 8.20. The van der Waals surface area contributed by atoms with Crippen LogP contribution >= 0.6 is 0 Å². The van der Waals surface area contributed by atoms with Crippen LogP contribution < -0.4 is 5.32 Å². The Morgan fingerprint density at radius 1 is 1.43 bits per heavy atom. The van der Waals surface area contributed by atoms with Crippen molar-refractivity contribution in [3.8, 4) is 0 Å². The molecule has 1 unspecified atom stereocenters. The third kappa shape index (κ3) is 4.22. The normalized spacial score (nSPS) is 15.6. The average molecular weight is 223 g/mol. The van der Waals surface area contributed by atoms with Crippen LogP contribution in [-0.2, 0) is 19.4 Å². The first-order valence-electron chi connectivity index (χ1n) is 3.77. The minimum atomic E-state index is -3.47. The lowest BCUT2D eigenvalue weighted by Crippen LogP contribution is -2.55. The van der Waals surface area contributed by atoms with Gasteiger partial charge in [0.25, 0.3) is 0 Å². The van der Waals surface area contributed by atoms with E-state index in [4.69, 9.17) is 5.11 Å². The zero-order chi connectivity index (χ0) is 11.6. The predicted molar refractivity (Wildman–Crippen MR) is 49.6 cm³/mol. The van der Waals surface area contributed by atoms with Crippen molar-refractivity contribution >= 4 is 21.7 Å². The highest BCUT2D eigenvalue weighted by Gasteiger charge is 2.37. The van der Waals surface area contributed by atoms with Crippen molar-refractivity contribution in [1.29, 1.82) is 0 Å². The first-order valence-corrected chi connectivity index (χ1v) is 5.83. The molecule has 1 amide bonds. The topological polar surface area (TPSA) is 101 Å². The summed E-state index contributed by atoms with van der Waals surface area (Å²) in [6.45, 7) is 2.28. The minimum Gasteiger partial charge on any atom is -0.479 e. The Kier molecular flexibility index (Phi) is 3.64. The number of carboxylic acid groups (broad SMARTS) is 1. The summed E-state index contributed by atoms with van der Waals surface area (Å²) in [4.78, 5) is 21.4. The number of hydrogen-bond acceptors (Lipinski definition) is 4. The molecule has 0 aliphatic rings. The average Bonchev–Trinajstić information content (AvgIpc) is 1.79. The molecule has 2 N–H and O–H groups in total. The van der Waals surface area contributed by atoms with Crippen molar-refractivity contribution < 1.29 is 23.1 Å². The maximum atomic E-state index is 10.9. The molecule has 0 saturated heterocycles. The standard InChI is InChI=1S/C7H13NO5S/c1-5(9)8-7(2,6(10)11)4-14(3,12)13/h4H2,1-3H3,(H,8,9)(H,10,11). The molecule has 0 heterocycles. The van der Waals surface area contributed by atoms with E-state index >= 15 is 0 Å². The molecule has 14 heavy (non-hydrogen) atoms. The third-order valence-electron chi connectivity index (χ3n) is 1.47. The van der Waals surface area contributed by atoms with E-state index < -0.39 is 33.0 Å². The lowest BCUT2D eigenvalue weighted by atomic mass is 10.1. The van der Waals surface area contributed by atoms with Gasteiger partial charge in [0, 0.05) is 13.2 Å². The zero-order valence-corrected chi connectivity index (χ0v) is 9.01. The van der Waals surface area contributed by atoms with Crippen LogP contribution in [0.1, 0.15) is 13.8 Å². The van der Waals surface area contributed by atoms with Crippen molar-refractivity contribution in [3.63, 3.8) is 0 Å². The molecule has 82 valence electrons. The number of nitrogens with one attached hydrogen (secondary N) is 1. The van der Waals surface area contributed by atoms with Crippen molar-refractivity contribution in [3.05, 3.63) is 0 Å². The fourth-order valence-corrected chi connectivity index (χ4v) is 2.31. The van der Waals surface area contributed by atoms with Gasteiger partial charge in [-0.1, -0.05) is 0 Å². The third-order valence-corrected chi connectivity index (χ3v) is 2.58. The van der Waals surface area contributed by atoms with E-state index in [1.165, 1.54) is 0 Å². The van der Waals surface area contributed by atoms with Gasteiger partial charge >= 0.3 is 5.97 Å². The monoisotopic (exact) mass is 223 g/mol. The number of rotatable bonds is 4. The summed E-state index contributed by atoms with van der Waals surface area (Å²) in [6.07, 6.45) is 0.913. The van der Waals surface area contributed by atoms with Gasteiger partial charge in [-0.25, -0.2) is 13.2 Å². The van der Waals surface area contributed by atoms with Crippen LogP contribution in [0.4, 0.5) is 0 Å². The minimum absolute atomic E-state index is 0.585. The molecular weight excluding hydrogens is 210 g/mol. The highest BCUT2D eigenvalue weighted by atomic mass is 32.2. The second-order valence-electron chi connectivity index (χ2n) is 3.39. The van der Waals surface area contributed by atoms with Crippen LogP contribution in [0.3, 0.4) is 0 Å². The maximum Gasteiger partial charge on any atom is 0.330 e. The van der Waals surface area contributed by atoms with E-state index in [-0.39, 0.29) is 0 Å². The molecule has 7 heteroatoms. The Balaban J connectivity index is 4.92. The predicted octanol–water partition coefficient (Wildman–Crippen LogP) is -0.990. The second kappa shape index (κ2) is 3.95. The van der Waals surface area contributed by atoms with Gasteiger partial charge in [0.05, 0.1) is 5.75 Å². The first kappa shape index (κ1) is 12.9. The molecule has 0 radical (unpaired) electrons. The van der Waals surface area contributed by atoms with Crippen molar-refractivity contribution in [2.24, 2.45) is 0 Å². The maximum absolute atomic E-state index is 10.9. The quantitative estimate of drug-likeness (QED) is 0.637. The summed E-state index contributed by atoms with van der Waals surface area (Å²) in [5.74, 6) is -2.59. The SMILES string of the molecule is CC(=O)NC(C)(CS(C)(=O)=O)C(=O)O. The van der Waals surface area contributed by atoms with Crippen LogP contribution in [0.2, 0.25) is 0 Å². The number of carbonyl (C=O) groups is 2. The molecular formula is C7H13NO5S. The fourth-order valence-electron chi connectivity index (χ4n) is 1.06. The molecule has 0 aromatic heterocycles. The number of aliphatic carboxylic acids is 1. The summed E-state index contributed by atoms with van der Waals surface area (Å²) >= 11 is 0. The van der Waals surface area contributed by atoms with Crippen LogP contribution in [0.25, 0.3) is 0 Å². The van der Waals surface area contributed by atoms with Gasteiger partial charge in [0.15, 0.2) is 0 Å². The number of carboxylic acids is 1. The van der Waals surface area contributed by atoms with Gasteiger partial charge in [-0.2, -0.15) is 0 Å². The molecule has 0 fully saturated rings. The summed E-state index contributed by atoms with van der Waals surface area (Å²) in [7, 11) is -3.47. The Morgan fingerprint density at radius 3 is 2.07 bits per heavy atom. The van der Waals surface area contributed by atoms with Crippen molar-refractivity contribution in [1.82, 2.24) is 5.32 Å². The van der Waals surface area contributed by atoms with Gasteiger partial charge in [-0.3, -0.25) is 4.79 Å². The van der Waals surface area contributed by atoms with E-state index in [0.29, 0.717) is 0 Å². The molecule has 0 saturated carbocycles. The molecule has 0 aliphatic carbocycles. The van der Waals surface area contributed by atoms with Crippen molar-refractivity contribution in [2.75, 3.05) is 12.0 Å². The van der Waals surface area contributed by atoms with Gasteiger partial charge in [-0.05, 0) is 6.92 Å². The lowest BCUT2D eigenvalue weighted by molar-refractivity contribution is -0.145. The van der Waals surface area contributed by atoms with Crippen molar-refractivity contribution in [2.45, 2.75) is 19.4 Å². The van der Waals surface area contributed by atoms with Crippen LogP contribution in [0, 0.1) is 0 Å². The highest BCUT2D eigenvalue weighted by molar-refractivity contribution is 7.90. The molecule has 1 atom stereocenters. The van der Waals surface area contributed by atoms with E-state index in [1.807, 2.05) is 0 Å². The number of hydrogen-bond donors (Lipinski definition) is 2. The number of amides is 1. The fraction of sp³-hybridized carbons (Fsp3) is 0.714. The van der Waals surface area contributed by atoms with Crippen LogP contribution in [0.15, 0.2) is 0 Å². The summed E-state index contributed by atoms with van der Waals surface area (Å²) in [5, 5.41) is 10.9. The van der Waals surface area contributed by atoms with Gasteiger partial charge in [0.2, 0.25) is 5.91 Å². The smallest absolute Gasteiger partial charge is 0.330 e. The molecule has 6 nitrogen and oxygen atoms in total. The Bertz CT molecular complexity index is 347. The molecule has 0 spiro atoms. The lowest BCUT2D eigenvalue weighted by Gasteiger charge is -2.24. The highest BCUT2D eigenvalue weighted by Crippen LogP contribution is 2.07. The summed E-state index contributed by atoms with van der Waals surface area (Å²) in [5.41, 5.74) is -1.76. The van der Waals surface area contributed by atoms with E-state index in [0.717, 1.165) is 20.1 Å². The molecule has 0 aromatic rings. The number of carbonyl (C=O) groups excluding carboxylic acids is 1. The Labute approximate surface area is 82.2 Å². The molecule has 0 bridgehead atoms. The Morgan fingerprint density at radius 2 is 1.86 bits per heavy atom. The summed E-state index contributed by atoms with van der Waals surface area (Å²) < 4.78 is 21.8. The van der Waals surface area contributed by atoms with Gasteiger partial charge < -0.3 is 10.4 Å².